The predicted octanol–water partition coefficient (Wildman–Crippen LogP) is 3.32. The van der Waals surface area contributed by atoms with E-state index in [1.165, 1.54) is 24.8 Å². The van der Waals surface area contributed by atoms with Crippen molar-refractivity contribution in [3.8, 4) is 0 Å². The second-order valence-electron chi connectivity index (χ2n) is 4.98. The summed E-state index contributed by atoms with van der Waals surface area (Å²) in [7, 11) is 2.22. The normalized spacial score (nSPS) is 34.6. The second-order valence-corrected chi connectivity index (χ2v) is 4.98. The number of hydrogen-bond donors (Lipinski definition) is 0. The third-order valence-electron chi connectivity index (χ3n) is 3.99. The van der Waals surface area contributed by atoms with Gasteiger partial charge in [-0.3, -0.25) is 4.90 Å². The van der Waals surface area contributed by atoms with Crippen molar-refractivity contribution >= 4 is 0 Å². The van der Waals surface area contributed by atoms with E-state index in [0.29, 0.717) is 6.04 Å². The lowest BCUT2D eigenvalue weighted by Crippen LogP contribution is -2.33. The highest BCUT2D eigenvalue weighted by Gasteiger charge is 2.26. The van der Waals surface area contributed by atoms with Crippen LogP contribution in [0.4, 0.5) is 0 Å². The minimum atomic E-state index is 0.625. The fraction of sp³-hybridized carbons (Fsp3) is 0.846. The minimum Gasteiger partial charge on any atom is -0.300 e. The van der Waals surface area contributed by atoms with E-state index >= 15 is 0 Å². The zero-order valence-electron chi connectivity index (χ0n) is 10.2. The standard InChI is InChI=1S/C13H25N/c1-6-14(5)13-9-12(4)10(2)7-8-11(13)3/h10,12-13H,3,6-9H2,1-2,4-5H3. The van der Waals surface area contributed by atoms with E-state index in [9.17, 15) is 0 Å². The Balaban J connectivity index is 2.68. The van der Waals surface area contributed by atoms with Gasteiger partial charge in [0.05, 0.1) is 0 Å². The van der Waals surface area contributed by atoms with Crippen LogP contribution in [0.1, 0.15) is 40.0 Å². The molecule has 0 saturated heterocycles. The molecule has 0 spiro atoms. The molecule has 0 radical (unpaired) electrons. The maximum Gasteiger partial charge on any atom is 0.0304 e. The second kappa shape index (κ2) is 4.97. The van der Waals surface area contributed by atoms with E-state index < -0.39 is 0 Å². The van der Waals surface area contributed by atoms with Crippen LogP contribution in [-0.4, -0.2) is 24.5 Å². The van der Waals surface area contributed by atoms with Crippen LogP contribution in [0.3, 0.4) is 0 Å². The van der Waals surface area contributed by atoms with E-state index in [2.05, 4.69) is 39.3 Å². The van der Waals surface area contributed by atoms with Gasteiger partial charge in [-0.2, -0.15) is 0 Å². The maximum atomic E-state index is 4.25. The number of rotatable bonds is 2. The minimum absolute atomic E-state index is 0.625. The van der Waals surface area contributed by atoms with Crippen LogP contribution in [0.15, 0.2) is 12.2 Å². The van der Waals surface area contributed by atoms with E-state index in [1.54, 1.807) is 0 Å². The lowest BCUT2D eigenvalue weighted by molar-refractivity contribution is 0.237. The molecule has 0 aromatic rings. The third-order valence-corrected chi connectivity index (χ3v) is 3.99. The SMILES string of the molecule is C=C1CCC(C)C(C)CC1N(C)CC. The molecule has 0 aromatic heterocycles. The molecular formula is C13H25N. The van der Waals surface area contributed by atoms with Gasteiger partial charge >= 0.3 is 0 Å². The van der Waals surface area contributed by atoms with Gasteiger partial charge in [0.15, 0.2) is 0 Å². The molecule has 0 bridgehead atoms. The molecule has 14 heavy (non-hydrogen) atoms. The summed E-state index contributed by atoms with van der Waals surface area (Å²) in [6.45, 7) is 12.4. The summed E-state index contributed by atoms with van der Waals surface area (Å²) in [5.74, 6) is 1.70. The van der Waals surface area contributed by atoms with Crippen molar-refractivity contribution < 1.29 is 0 Å². The summed E-state index contributed by atoms with van der Waals surface area (Å²) in [5, 5.41) is 0. The summed E-state index contributed by atoms with van der Waals surface area (Å²) >= 11 is 0. The third kappa shape index (κ3) is 2.60. The van der Waals surface area contributed by atoms with Crippen molar-refractivity contribution in [2.45, 2.75) is 46.1 Å². The fourth-order valence-electron chi connectivity index (χ4n) is 2.33. The Morgan fingerprint density at radius 2 is 2.00 bits per heavy atom. The molecule has 1 saturated carbocycles. The average molecular weight is 195 g/mol. The van der Waals surface area contributed by atoms with Crippen LogP contribution in [0.25, 0.3) is 0 Å². The van der Waals surface area contributed by atoms with Crippen molar-refractivity contribution in [1.82, 2.24) is 4.90 Å². The van der Waals surface area contributed by atoms with Crippen LogP contribution in [-0.2, 0) is 0 Å². The van der Waals surface area contributed by atoms with Crippen LogP contribution < -0.4 is 0 Å². The first-order valence-electron chi connectivity index (χ1n) is 5.94. The summed E-state index contributed by atoms with van der Waals surface area (Å²) in [6.07, 6.45) is 3.85. The van der Waals surface area contributed by atoms with Gasteiger partial charge in [0.25, 0.3) is 0 Å². The van der Waals surface area contributed by atoms with Gasteiger partial charge in [-0.05, 0) is 44.7 Å². The molecule has 82 valence electrons. The van der Waals surface area contributed by atoms with E-state index in [1.807, 2.05) is 0 Å². The first kappa shape index (κ1) is 11.8. The van der Waals surface area contributed by atoms with Gasteiger partial charge < -0.3 is 0 Å². The molecule has 1 rings (SSSR count). The highest BCUT2D eigenvalue weighted by molar-refractivity contribution is 5.08. The fourth-order valence-corrected chi connectivity index (χ4v) is 2.33. The van der Waals surface area contributed by atoms with Crippen molar-refractivity contribution in [2.24, 2.45) is 11.8 Å². The van der Waals surface area contributed by atoms with Gasteiger partial charge in [0.2, 0.25) is 0 Å². The Hall–Kier alpha value is -0.300. The van der Waals surface area contributed by atoms with Crippen LogP contribution in [0.5, 0.6) is 0 Å². The molecule has 0 aliphatic heterocycles. The molecule has 1 aliphatic carbocycles. The lowest BCUT2D eigenvalue weighted by Gasteiger charge is -2.29. The topological polar surface area (TPSA) is 3.24 Å². The first-order chi connectivity index (χ1) is 6.56. The molecule has 0 heterocycles. The molecule has 1 fully saturated rings. The maximum absolute atomic E-state index is 4.25. The highest BCUT2D eigenvalue weighted by Crippen LogP contribution is 2.32. The zero-order valence-corrected chi connectivity index (χ0v) is 10.2. The lowest BCUT2D eigenvalue weighted by atomic mass is 9.90. The quantitative estimate of drug-likeness (QED) is 0.482. The first-order valence-corrected chi connectivity index (χ1v) is 5.94. The molecule has 1 nitrogen and oxygen atoms in total. The predicted molar refractivity (Wildman–Crippen MR) is 63.4 cm³/mol. The largest absolute Gasteiger partial charge is 0.300 e. The summed E-state index contributed by atoms with van der Waals surface area (Å²) < 4.78 is 0. The number of nitrogens with zero attached hydrogens (tertiary/aromatic N) is 1. The Kier molecular flexibility index (Phi) is 4.18. The van der Waals surface area contributed by atoms with Crippen LogP contribution >= 0.6 is 0 Å². The van der Waals surface area contributed by atoms with Crippen molar-refractivity contribution in [2.75, 3.05) is 13.6 Å². The molecule has 3 atom stereocenters. The van der Waals surface area contributed by atoms with Gasteiger partial charge in [-0.15, -0.1) is 0 Å². The Morgan fingerprint density at radius 3 is 2.57 bits per heavy atom. The Bertz CT molecular complexity index is 197. The molecule has 1 aliphatic rings. The molecule has 3 unspecified atom stereocenters. The molecule has 0 amide bonds. The van der Waals surface area contributed by atoms with Crippen LogP contribution in [0, 0.1) is 11.8 Å². The highest BCUT2D eigenvalue weighted by atomic mass is 15.1. The monoisotopic (exact) mass is 195 g/mol. The van der Waals surface area contributed by atoms with Gasteiger partial charge in [-0.1, -0.05) is 32.9 Å². The number of likely N-dealkylation sites (N-methyl/N-ethyl adjacent to an activating group) is 1. The van der Waals surface area contributed by atoms with E-state index in [4.69, 9.17) is 0 Å². The Labute approximate surface area is 89.2 Å². The van der Waals surface area contributed by atoms with E-state index in [-0.39, 0.29) is 0 Å². The van der Waals surface area contributed by atoms with Gasteiger partial charge in [-0.25, -0.2) is 0 Å². The molecular weight excluding hydrogens is 170 g/mol. The molecule has 0 aromatic carbocycles. The van der Waals surface area contributed by atoms with Gasteiger partial charge in [0.1, 0.15) is 0 Å². The molecule has 1 heteroatoms. The van der Waals surface area contributed by atoms with Crippen molar-refractivity contribution in [1.29, 1.82) is 0 Å². The van der Waals surface area contributed by atoms with Crippen LogP contribution in [0.2, 0.25) is 0 Å². The van der Waals surface area contributed by atoms with Crippen molar-refractivity contribution in [3.63, 3.8) is 0 Å². The van der Waals surface area contributed by atoms with Gasteiger partial charge in [0, 0.05) is 6.04 Å². The Morgan fingerprint density at radius 1 is 1.36 bits per heavy atom. The summed E-state index contributed by atoms with van der Waals surface area (Å²) in [5.41, 5.74) is 1.45. The average Bonchev–Trinajstić information content (AvgIpc) is 2.30. The van der Waals surface area contributed by atoms with Crippen molar-refractivity contribution in [3.05, 3.63) is 12.2 Å². The smallest absolute Gasteiger partial charge is 0.0304 e. The molecule has 0 N–H and O–H groups in total. The zero-order chi connectivity index (χ0) is 10.7. The van der Waals surface area contributed by atoms with E-state index in [0.717, 1.165) is 18.4 Å². The number of hydrogen-bond acceptors (Lipinski definition) is 1. The summed E-state index contributed by atoms with van der Waals surface area (Å²) in [6, 6.07) is 0.625. The summed E-state index contributed by atoms with van der Waals surface area (Å²) in [4.78, 5) is 2.44.